The SMILES string of the molecule is c1coc(CN2CCOCC3(CCC(CN4CCCC4)O3)C2)c1. The zero-order valence-electron chi connectivity index (χ0n) is 13.9. The maximum absolute atomic E-state index is 6.54. The van der Waals surface area contributed by atoms with Crippen molar-refractivity contribution in [3.8, 4) is 0 Å². The second-order valence-electron chi connectivity index (χ2n) is 7.31. The Kier molecular flexibility index (Phi) is 4.71. The molecule has 0 amide bonds. The summed E-state index contributed by atoms with van der Waals surface area (Å²) < 4.78 is 17.9. The Balaban J connectivity index is 1.36. The third-order valence-electron chi connectivity index (χ3n) is 5.39. The van der Waals surface area contributed by atoms with Crippen LogP contribution in [0.15, 0.2) is 22.8 Å². The second kappa shape index (κ2) is 6.93. The van der Waals surface area contributed by atoms with Gasteiger partial charge in [0, 0.05) is 19.6 Å². The molecule has 3 saturated heterocycles. The van der Waals surface area contributed by atoms with Crippen LogP contribution in [-0.2, 0) is 16.0 Å². The van der Waals surface area contributed by atoms with Gasteiger partial charge in [-0.1, -0.05) is 0 Å². The van der Waals surface area contributed by atoms with E-state index in [4.69, 9.17) is 13.9 Å². The molecule has 2 unspecified atom stereocenters. The van der Waals surface area contributed by atoms with Gasteiger partial charge in [-0.05, 0) is 50.9 Å². The van der Waals surface area contributed by atoms with Crippen molar-refractivity contribution < 1.29 is 13.9 Å². The monoisotopic (exact) mass is 320 g/mol. The van der Waals surface area contributed by atoms with Crippen molar-refractivity contribution in [2.24, 2.45) is 0 Å². The first-order chi connectivity index (χ1) is 11.3. The van der Waals surface area contributed by atoms with Crippen molar-refractivity contribution in [1.82, 2.24) is 9.80 Å². The summed E-state index contributed by atoms with van der Waals surface area (Å²) >= 11 is 0. The molecule has 0 saturated carbocycles. The van der Waals surface area contributed by atoms with E-state index in [2.05, 4.69) is 9.80 Å². The van der Waals surface area contributed by atoms with Gasteiger partial charge in [-0.15, -0.1) is 0 Å². The van der Waals surface area contributed by atoms with Crippen LogP contribution in [0.1, 0.15) is 31.4 Å². The van der Waals surface area contributed by atoms with Crippen molar-refractivity contribution in [2.45, 2.75) is 43.9 Å². The van der Waals surface area contributed by atoms with Gasteiger partial charge in [0.2, 0.25) is 0 Å². The average molecular weight is 320 g/mol. The third kappa shape index (κ3) is 3.79. The first-order valence-electron chi connectivity index (χ1n) is 9.04. The van der Waals surface area contributed by atoms with Crippen molar-refractivity contribution >= 4 is 0 Å². The molecule has 5 heteroatoms. The Morgan fingerprint density at radius 3 is 2.91 bits per heavy atom. The molecule has 1 aromatic rings. The largest absolute Gasteiger partial charge is 0.468 e. The van der Waals surface area contributed by atoms with Gasteiger partial charge in [0.1, 0.15) is 11.4 Å². The molecule has 0 radical (unpaired) electrons. The van der Waals surface area contributed by atoms with Crippen LogP contribution in [0.2, 0.25) is 0 Å². The predicted octanol–water partition coefficient (Wildman–Crippen LogP) is 2.13. The van der Waals surface area contributed by atoms with Crippen LogP contribution < -0.4 is 0 Å². The Labute approximate surface area is 138 Å². The van der Waals surface area contributed by atoms with Gasteiger partial charge in [0.25, 0.3) is 0 Å². The lowest BCUT2D eigenvalue weighted by Gasteiger charge is -2.32. The van der Waals surface area contributed by atoms with Crippen LogP contribution >= 0.6 is 0 Å². The number of ether oxygens (including phenoxy) is 2. The summed E-state index contributed by atoms with van der Waals surface area (Å²) in [5, 5.41) is 0. The zero-order valence-corrected chi connectivity index (χ0v) is 13.9. The molecule has 4 rings (SSSR count). The molecule has 23 heavy (non-hydrogen) atoms. The van der Waals surface area contributed by atoms with Crippen LogP contribution in [0, 0.1) is 0 Å². The highest BCUT2D eigenvalue weighted by molar-refractivity contribution is 5.00. The number of rotatable bonds is 4. The molecule has 2 atom stereocenters. The van der Waals surface area contributed by atoms with E-state index < -0.39 is 0 Å². The van der Waals surface area contributed by atoms with Crippen LogP contribution in [0.3, 0.4) is 0 Å². The summed E-state index contributed by atoms with van der Waals surface area (Å²) in [4.78, 5) is 4.98. The number of furan rings is 1. The zero-order chi connectivity index (χ0) is 15.5. The molecule has 4 heterocycles. The lowest BCUT2D eigenvalue weighted by atomic mass is 10.00. The maximum atomic E-state index is 6.54. The maximum Gasteiger partial charge on any atom is 0.117 e. The second-order valence-corrected chi connectivity index (χ2v) is 7.31. The fourth-order valence-electron chi connectivity index (χ4n) is 4.24. The van der Waals surface area contributed by atoms with E-state index in [9.17, 15) is 0 Å². The summed E-state index contributed by atoms with van der Waals surface area (Å²) in [6.07, 6.45) is 7.09. The van der Waals surface area contributed by atoms with E-state index in [1.807, 2.05) is 12.1 Å². The lowest BCUT2D eigenvalue weighted by Crippen LogP contribution is -2.45. The fraction of sp³-hybridized carbons (Fsp3) is 0.778. The Bertz CT molecular complexity index is 486. The molecule has 0 aliphatic carbocycles. The summed E-state index contributed by atoms with van der Waals surface area (Å²) in [6.45, 7) is 7.84. The van der Waals surface area contributed by atoms with Crippen molar-refractivity contribution in [1.29, 1.82) is 0 Å². The highest BCUT2D eigenvalue weighted by atomic mass is 16.6. The molecule has 3 fully saturated rings. The van der Waals surface area contributed by atoms with E-state index in [-0.39, 0.29) is 5.60 Å². The standard InChI is InChI=1S/C18H28N2O3/c1-2-8-19(7-1)13-17-5-6-18(23-17)14-20(9-11-21-15-18)12-16-4-3-10-22-16/h3-4,10,17H,1-2,5-9,11-15H2. The van der Waals surface area contributed by atoms with Gasteiger partial charge in [-0.3, -0.25) is 4.90 Å². The van der Waals surface area contributed by atoms with Crippen LogP contribution in [0.25, 0.3) is 0 Å². The minimum absolute atomic E-state index is 0.118. The van der Waals surface area contributed by atoms with Gasteiger partial charge >= 0.3 is 0 Å². The predicted molar refractivity (Wildman–Crippen MR) is 87.3 cm³/mol. The highest BCUT2D eigenvalue weighted by Crippen LogP contribution is 2.34. The molecule has 0 aromatic carbocycles. The normalized spacial score (nSPS) is 33.5. The summed E-state index contributed by atoms with van der Waals surface area (Å²) in [5.74, 6) is 1.02. The van der Waals surface area contributed by atoms with E-state index in [1.165, 1.54) is 25.9 Å². The smallest absolute Gasteiger partial charge is 0.117 e. The molecule has 3 aliphatic heterocycles. The van der Waals surface area contributed by atoms with Gasteiger partial charge in [-0.25, -0.2) is 0 Å². The summed E-state index contributed by atoms with van der Waals surface area (Å²) in [5.41, 5.74) is -0.118. The topological polar surface area (TPSA) is 38.1 Å². The van der Waals surface area contributed by atoms with Gasteiger partial charge in [0.15, 0.2) is 0 Å². The number of hydrogen-bond acceptors (Lipinski definition) is 5. The summed E-state index contributed by atoms with van der Waals surface area (Å²) in [7, 11) is 0. The minimum Gasteiger partial charge on any atom is -0.468 e. The Morgan fingerprint density at radius 2 is 2.09 bits per heavy atom. The number of likely N-dealkylation sites (tertiary alicyclic amines) is 1. The minimum atomic E-state index is -0.118. The molecule has 0 bridgehead atoms. The lowest BCUT2D eigenvalue weighted by molar-refractivity contribution is -0.0916. The quantitative estimate of drug-likeness (QED) is 0.850. The van der Waals surface area contributed by atoms with Gasteiger partial charge in [0.05, 0.1) is 32.1 Å². The number of hydrogen-bond donors (Lipinski definition) is 0. The van der Waals surface area contributed by atoms with Crippen molar-refractivity contribution in [3.05, 3.63) is 24.2 Å². The van der Waals surface area contributed by atoms with Crippen LogP contribution in [-0.4, -0.2) is 67.4 Å². The highest BCUT2D eigenvalue weighted by Gasteiger charge is 2.43. The van der Waals surface area contributed by atoms with E-state index in [0.717, 1.165) is 58.0 Å². The molecule has 0 N–H and O–H groups in total. The molecule has 5 nitrogen and oxygen atoms in total. The van der Waals surface area contributed by atoms with Gasteiger partial charge in [-0.2, -0.15) is 0 Å². The van der Waals surface area contributed by atoms with E-state index in [0.29, 0.717) is 6.10 Å². The first-order valence-corrected chi connectivity index (χ1v) is 9.04. The molecular weight excluding hydrogens is 292 g/mol. The molecule has 3 aliphatic rings. The van der Waals surface area contributed by atoms with Crippen LogP contribution in [0.5, 0.6) is 0 Å². The molecule has 128 valence electrons. The number of nitrogens with zero attached hydrogens (tertiary/aromatic N) is 2. The van der Waals surface area contributed by atoms with Crippen LogP contribution in [0.4, 0.5) is 0 Å². The summed E-state index contributed by atoms with van der Waals surface area (Å²) in [6, 6.07) is 4.00. The molecule has 1 spiro atoms. The van der Waals surface area contributed by atoms with E-state index >= 15 is 0 Å². The molecular formula is C18H28N2O3. The Hall–Kier alpha value is -0.880. The molecule has 1 aromatic heterocycles. The average Bonchev–Trinajstić information content (AvgIpc) is 3.25. The first kappa shape index (κ1) is 15.6. The van der Waals surface area contributed by atoms with Crippen molar-refractivity contribution in [2.75, 3.05) is 45.9 Å². The Morgan fingerprint density at radius 1 is 1.17 bits per heavy atom. The van der Waals surface area contributed by atoms with E-state index in [1.54, 1.807) is 6.26 Å². The van der Waals surface area contributed by atoms with Crippen molar-refractivity contribution in [3.63, 3.8) is 0 Å². The fourth-order valence-corrected chi connectivity index (χ4v) is 4.24. The van der Waals surface area contributed by atoms with Gasteiger partial charge < -0.3 is 18.8 Å². The third-order valence-corrected chi connectivity index (χ3v) is 5.39.